The van der Waals surface area contributed by atoms with E-state index in [0.717, 1.165) is 38.0 Å². The van der Waals surface area contributed by atoms with Crippen LogP contribution in [0.15, 0.2) is 18.3 Å². The molecule has 0 bridgehead atoms. The fourth-order valence-electron chi connectivity index (χ4n) is 2.88. The van der Waals surface area contributed by atoms with Crippen LogP contribution in [0.25, 0.3) is 0 Å². The summed E-state index contributed by atoms with van der Waals surface area (Å²) in [5.74, 6) is 0. The van der Waals surface area contributed by atoms with Crippen molar-refractivity contribution in [3.8, 4) is 0 Å². The van der Waals surface area contributed by atoms with Gasteiger partial charge in [0.05, 0.1) is 5.60 Å². The second-order valence-electron chi connectivity index (χ2n) is 5.26. The highest BCUT2D eigenvalue weighted by molar-refractivity contribution is 5.15. The number of pyridine rings is 1. The molecule has 1 heterocycles. The van der Waals surface area contributed by atoms with E-state index in [1.54, 1.807) is 0 Å². The van der Waals surface area contributed by atoms with Crippen LogP contribution >= 0.6 is 0 Å². The van der Waals surface area contributed by atoms with Crippen LogP contribution in [0, 0.1) is 0 Å². The van der Waals surface area contributed by atoms with Gasteiger partial charge in [-0.2, -0.15) is 0 Å². The molecule has 0 aliphatic carbocycles. The molecule has 1 unspecified atom stereocenters. The number of ether oxygens (including phenoxy) is 1. The number of nitrogens with one attached hydrogen (secondary N) is 1. The van der Waals surface area contributed by atoms with Crippen LogP contribution in [0.4, 0.5) is 0 Å². The fourth-order valence-corrected chi connectivity index (χ4v) is 2.88. The van der Waals surface area contributed by atoms with E-state index in [1.807, 2.05) is 13.2 Å². The molecule has 0 aliphatic rings. The van der Waals surface area contributed by atoms with Crippen molar-refractivity contribution in [1.29, 1.82) is 0 Å². The lowest BCUT2D eigenvalue weighted by Gasteiger charge is -2.39. The van der Waals surface area contributed by atoms with Crippen molar-refractivity contribution >= 4 is 0 Å². The third-order valence-electron chi connectivity index (χ3n) is 4.32. The lowest BCUT2D eigenvalue weighted by atomic mass is 9.85. The topological polar surface area (TPSA) is 34.1 Å². The van der Waals surface area contributed by atoms with Gasteiger partial charge in [0, 0.05) is 31.0 Å². The summed E-state index contributed by atoms with van der Waals surface area (Å²) < 4.78 is 6.11. The van der Waals surface area contributed by atoms with Gasteiger partial charge in [0.1, 0.15) is 0 Å². The SMILES string of the molecule is CCOC(CC)(CC)C(Cc1ccc(CC)cn1)NC. The number of nitrogens with zero attached hydrogens (tertiary/aromatic N) is 1. The Morgan fingerprint density at radius 3 is 2.30 bits per heavy atom. The highest BCUT2D eigenvalue weighted by Gasteiger charge is 2.35. The van der Waals surface area contributed by atoms with Crippen LogP contribution in [-0.2, 0) is 17.6 Å². The van der Waals surface area contributed by atoms with Crippen LogP contribution in [0.3, 0.4) is 0 Å². The van der Waals surface area contributed by atoms with E-state index in [1.165, 1.54) is 5.56 Å². The molecule has 0 amide bonds. The second-order valence-corrected chi connectivity index (χ2v) is 5.26. The largest absolute Gasteiger partial charge is 0.374 e. The third kappa shape index (κ3) is 4.03. The highest BCUT2D eigenvalue weighted by atomic mass is 16.5. The molecule has 1 N–H and O–H groups in total. The molecule has 0 aliphatic heterocycles. The van der Waals surface area contributed by atoms with Gasteiger partial charge < -0.3 is 10.1 Å². The minimum atomic E-state index is -0.103. The maximum atomic E-state index is 6.11. The zero-order valence-electron chi connectivity index (χ0n) is 13.7. The molecule has 0 saturated carbocycles. The zero-order valence-corrected chi connectivity index (χ0v) is 13.7. The van der Waals surface area contributed by atoms with Crippen LogP contribution in [0.1, 0.15) is 51.8 Å². The molecule has 1 aromatic rings. The molecule has 0 fully saturated rings. The molecule has 3 nitrogen and oxygen atoms in total. The van der Waals surface area contributed by atoms with Crippen LogP contribution < -0.4 is 5.32 Å². The Morgan fingerprint density at radius 1 is 1.20 bits per heavy atom. The Balaban J connectivity index is 2.87. The summed E-state index contributed by atoms with van der Waals surface area (Å²) >= 11 is 0. The van der Waals surface area contributed by atoms with Crippen molar-refractivity contribution in [2.75, 3.05) is 13.7 Å². The van der Waals surface area contributed by atoms with Gasteiger partial charge in [-0.3, -0.25) is 4.98 Å². The van der Waals surface area contributed by atoms with Gasteiger partial charge in [0.2, 0.25) is 0 Å². The summed E-state index contributed by atoms with van der Waals surface area (Å²) in [5, 5.41) is 3.44. The Labute approximate surface area is 124 Å². The van der Waals surface area contributed by atoms with Crippen LogP contribution in [0.5, 0.6) is 0 Å². The maximum absolute atomic E-state index is 6.11. The molecule has 0 spiro atoms. The molecule has 0 saturated heterocycles. The molecule has 114 valence electrons. The van der Waals surface area contributed by atoms with Gasteiger partial charge in [-0.25, -0.2) is 0 Å². The van der Waals surface area contributed by atoms with Crippen molar-refractivity contribution in [3.63, 3.8) is 0 Å². The summed E-state index contributed by atoms with van der Waals surface area (Å²) in [4.78, 5) is 4.58. The summed E-state index contributed by atoms with van der Waals surface area (Å²) in [5.41, 5.74) is 2.32. The molecule has 1 aromatic heterocycles. The number of hydrogen-bond donors (Lipinski definition) is 1. The van der Waals surface area contributed by atoms with Crippen molar-refractivity contribution in [1.82, 2.24) is 10.3 Å². The molecule has 3 heteroatoms. The fraction of sp³-hybridized carbons (Fsp3) is 0.706. The molecule has 0 radical (unpaired) electrons. The normalized spacial score (nSPS) is 13.4. The average molecular weight is 278 g/mol. The lowest BCUT2D eigenvalue weighted by molar-refractivity contribution is -0.0705. The zero-order chi connectivity index (χ0) is 15.0. The predicted molar refractivity (Wildman–Crippen MR) is 85.1 cm³/mol. The minimum absolute atomic E-state index is 0.103. The summed E-state index contributed by atoms with van der Waals surface area (Å²) in [6.07, 6.45) is 5.95. The molecule has 1 rings (SSSR count). The third-order valence-corrected chi connectivity index (χ3v) is 4.32. The van der Waals surface area contributed by atoms with Gasteiger partial charge >= 0.3 is 0 Å². The quantitative estimate of drug-likeness (QED) is 0.752. The van der Waals surface area contributed by atoms with E-state index in [0.29, 0.717) is 0 Å². The van der Waals surface area contributed by atoms with E-state index < -0.39 is 0 Å². The van der Waals surface area contributed by atoms with Crippen molar-refractivity contribution in [2.24, 2.45) is 0 Å². The number of aromatic nitrogens is 1. The number of hydrogen-bond acceptors (Lipinski definition) is 3. The Hall–Kier alpha value is -0.930. The first kappa shape index (κ1) is 17.1. The molecular formula is C17H30N2O. The molecule has 20 heavy (non-hydrogen) atoms. The maximum Gasteiger partial charge on any atom is 0.0833 e. The standard InChI is InChI=1S/C17H30N2O/c1-6-14-10-11-15(19-13-14)12-16(18-5)17(7-2,8-3)20-9-4/h10-11,13,16,18H,6-9,12H2,1-5H3. The van der Waals surface area contributed by atoms with Crippen molar-refractivity contribution < 1.29 is 4.74 Å². The van der Waals surface area contributed by atoms with Gasteiger partial charge in [-0.1, -0.05) is 26.8 Å². The number of likely N-dealkylation sites (N-methyl/N-ethyl adjacent to an activating group) is 1. The predicted octanol–water partition coefficient (Wildman–Crippen LogP) is 3.37. The van der Waals surface area contributed by atoms with Gasteiger partial charge in [-0.05, 0) is 44.9 Å². The summed E-state index contributed by atoms with van der Waals surface area (Å²) in [6.45, 7) is 9.39. The highest BCUT2D eigenvalue weighted by Crippen LogP contribution is 2.27. The Bertz CT molecular complexity index is 371. The Morgan fingerprint density at radius 2 is 1.90 bits per heavy atom. The average Bonchev–Trinajstić information content (AvgIpc) is 2.51. The molecule has 0 aromatic carbocycles. The number of rotatable bonds is 9. The van der Waals surface area contributed by atoms with Gasteiger partial charge in [0.15, 0.2) is 0 Å². The first-order valence-electron chi connectivity index (χ1n) is 7.90. The second kappa shape index (κ2) is 8.38. The van der Waals surface area contributed by atoms with E-state index in [9.17, 15) is 0 Å². The summed E-state index contributed by atoms with van der Waals surface area (Å²) in [7, 11) is 2.02. The van der Waals surface area contributed by atoms with E-state index >= 15 is 0 Å². The lowest BCUT2D eigenvalue weighted by Crippen LogP contribution is -2.52. The van der Waals surface area contributed by atoms with E-state index in [-0.39, 0.29) is 11.6 Å². The van der Waals surface area contributed by atoms with E-state index in [4.69, 9.17) is 4.74 Å². The first-order valence-corrected chi connectivity index (χ1v) is 7.90. The van der Waals surface area contributed by atoms with Crippen molar-refractivity contribution in [2.45, 2.75) is 65.0 Å². The monoisotopic (exact) mass is 278 g/mol. The van der Waals surface area contributed by atoms with Crippen LogP contribution in [0.2, 0.25) is 0 Å². The van der Waals surface area contributed by atoms with Crippen molar-refractivity contribution in [3.05, 3.63) is 29.6 Å². The van der Waals surface area contributed by atoms with E-state index in [2.05, 4.69) is 50.1 Å². The number of aryl methyl sites for hydroxylation is 1. The summed E-state index contributed by atoms with van der Waals surface area (Å²) in [6, 6.07) is 4.61. The van der Waals surface area contributed by atoms with Gasteiger partial charge in [-0.15, -0.1) is 0 Å². The smallest absolute Gasteiger partial charge is 0.0833 e. The Kier molecular flexibility index (Phi) is 7.17. The van der Waals surface area contributed by atoms with Gasteiger partial charge in [0.25, 0.3) is 0 Å². The molecular weight excluding hydrogens is 248 g/mol. The first-order chi connectivity index (χ1) is 9.65. The molecule has 1 atom stereocenters. The van der Waals surface area contributed by atoms with Crippen LogP contribution in [-0.4, -0.2) is 30.3 Å². The minimum Gasteiger partial charge on any atom is -0.374 e.